The highest BCUT2D eigenvalue weighted by atomic mass is 32.2. The molecule has 0 saturated carbocycles. The molecule has 8 heteroatoms. The van der Waals surface area contributed by atoms with Gasteiger partial charge in [0.15, 0.2) is 0 Å². The molecular weight excluding hydrogens is 339 g/mol. The first-order chi connectivity index (χ1) is 11.3. The van der Waals surface area contributed by atoms with Gasteiger partial charge in [-0.2, -0.15) is 13.2 Å². The Bertz CT molecular complexity index is 598. The van der Waals surface area contributed by atoms with E-state index in [1.165, 1.54) is 12.3 Å². The van der Waals surface area contributed by atoms with Gasteiger partial charge in [-0.25, -0.2) is 9.79 Å². The number of thioether (sulfide) groups is 1. The first-order valence-electron chi connectivity index (χ1n) is 7.61. The summed E-state index contributed by atoms with van der Waals surface area (Å²) in [7, 11) is 0. The lowest BCUT2D eigenvalue weighted by Crippen LogP contribution is -2.28. The van der Waals surface area contributed by atoms with Crippen LogP contribution in [0.15, 0.2) is 29.3 Å². The molecule has 0 aliphatic carbocycles. The van der Waals surface area contributed by atoms with Crippen molar-refractivity contribution in [3.05, 3.63) is 35.4 Å². The molecule has 2 rings (SSSR count). The number of hydrogen-bond acceptors (Lipinski definition) is 3. The van der Waals surface area contributed by atoms with E-state index in [1.54, 1.807) is 17.8 Å². The number of nitrogens with zero attached hydrogens (tertiary/aromatic N) is 1. The second kappa shape index (κ2) is 8.02. The third-order valence-corrected chi connectivity index (χ3v) is 4.77. The molecule has 2 N–H and O–H groups in total. The minimum atomic E-state index is -4.40. The number of alkyl halides is 3. The fraction of sp³-hybridized carbons (Fsp3) is 0.500. The molecule has 24 heavy (non-hydrogen) atoms. The van der Waals surface area contributed by atoms with Crippen molar-refractivity contribution in [2.45, 2.75) is 37.2 Å². The van der Waals surface area contributed by atoms with Gasteiger partial charge in [0.1, 0.15) is 0 Å². The number of benzene rings is 1. The van der Waals surface area contributed by atoms with Crippen molar-refractivity contribution < 1.29 is 18.0 Å². The van der Waals surface area contributed by atoms with E-state index in [0.717, 1.165) is 18.0 Å². The van der Waals surface area contributed by atoms with Crippen molar-refractivity contribution in [1.82, 2.24) is 10.6 Å². The molecule has 1 aromatic carbocycles. The van der Waals surface area contributed by atoms with Crippen LogP contribution in [0.5, 0.6) is 0 Å². The van der Waals surface area contributed by atoms with Crippen LogP contribution in [-0.2, 0) is 6.18 Å². The van der Waals surface area contributed by atoms with E-state index in [2.05, 4.69) is 15.6 Å². The Hall–Kier alpha value is -1.54. The quantitative estimate of drug-likeness (QED) is 0.807. The van der Waals surface area contributed by atoms with Crippen molar-refractivity contribution in [3.8, 4) is 0 Å². The summed E-state index contributed by atoms with van der Waals surface area (Å²) in [4.78, 5) is 15.6. The van der Waals surface area contributed by atoms with Crippen LogP contribution in [0.3, 0.4) is 0 Å². The maximum Gasteiger partial charge on any atom is 0.416 e. The van der Waals surface area contributed by atoms with Crippen LogP contribution in [0.2, 0.25) is 0 Å². The van der Waals surface area contributed by atoms with E-state index in [0.29, 0.717) is 12.1 Å². The highest BCUT2D eigenvalue weighted by molar-refractivity contribution is 8.00. The lowest BCUT2D eigenvalue weighted by Gasteiger charge is -2.20. The fourth-order valence-corrected chi connectivity index (χ4v) is 3.53. The SMILES string of the molecule is CC(C)NC(=O)/N=C/C(c1cccc(C(F)(F)F)c1)C1CNCS1. The number of carbonyl (C=O) groups is 1. The zero-order valence-electron chi connectivity index (χ0n) is 13.4. The third kappa shape index (κ3) is 5.24. The zero-order chi connectivity index (χ0) is 17.7. The first kappa shape index (κ1) is 18.8. The summed E-state index contributed by atoms with van der Waals surface area (Å²) in [5, 5.41) is 5.83. The van der Waals surface area contributed by atoms with Crippen molar-refractivity contribution in [3.63, 3.8) is 0 Å². The second-order valence-corrected chi connectivity index (χ2v) is 7.06. The Morgan fingerprint density at radius 3 is 2.79 bits per heavy atom. The lowest BCUT2D eigenvalue weighted by molar-refractivity contribution is -0.137. The van der Waals surface area contributed by atoms with Gasteiger partial charge in [0.05, 0.1) is 5.56 Å². The molecule has 1 aliphatic heterocycles. The summed E-state index contributed by atoms with van der Waals surface area (Å²) in [6.07, 6.45) is -2.94. The average molecular weight is 359 g/mol. The van der Waals surface area contributed by atoms with Gasteiger partial charge in [0.2, 0.25) is 0 Å². The van der Waals surface area contributed by atoms with Crippen LogP contribution in [-0.4, -0.2) is 36.0 Å². The minimum absolute atomic E-state index is 0.0316. The monoisotopic (exact) mass is 359 g/mol. The van der Waals surface area contributed by atoms with Crippen molar-refractivity contribution >= 4 is 24.0 Å². The molecule has 0 radical (unpaired) electrons. The summed E-state index contributed by atoms with van der Waals surface area (Å²) in [5.41, 5.74) is -0.187. The number of halogens is 3. The van der Waals surface area contributed by atoms with Crippen LogP contribution >= 0.6 is 11.8 Å². The molecule has 0 aromatic heterocycles. The topological polar surface area (TPSA) is 53.5 Å². The van der Waals surface area contributed by atoms with Gasteiger partial charge >= 0.3 is 12.2 Å². The highest BCUT2D eigenvalue weighted by Gasteiger charge is 2.32. The van der Waals surface area contributed by atoms with Gasteiger partial charge in [-0.1, -0.05) is 18.2 Å². The highest BCUT2D eigenvalue weighted by Crippen LogP contribution is 2.34. The maximum absolute atomic E-state index is 13.0. The van der Waals surface area contributed by atoms with Crippen LogP contribution in [0.1, 0.15) is 30.9 Å². The smallest absolute Gasteiger partial charge is 0.334 e. The van der Waals surface area contributed by atoms with E-state index >= 15 is 0 Å². The molecule has 0 spiro atoms. The molecule has 1 aromatic rings. The number of aliphatic imine (C=N–C) groups is 1. The van der Waals surface area contributed by atoms with E-state index in [-0.39, 0.29) is 17.2 Å². The number of carbonyl (C=O) groups excluding carboxylic acids is 1. The number of nitrogens with one attached hydrogen (secondary N) is 2. The summed E-state index contributed by atoms with van der Waals surface area (Å²) < 4.78 is 38.9. The molecule has 1 saturated heterocycles. The minimum Gasteiger partial charge on any atom is -0.334 e. The molecule has 2 unspecified atom stereocenters. The van der Waals surface area contributed by atoms with Gasteiger partial charge in [-0.3, -0.25) is 0 Å². The Morgan fingerprint density at radius 2 is 2.21 bits per heavy atom. The van der Waals surface area contributed by atoms with E-state index < -0.39 is 17.8 Å². The van der Waals surface area contributed by atoms with Gasteiger partial charge in [0, 0.05) is 35.8 Å². The summed E-state index contributed by atoms with van der Waals surface area (Å²) in [5.74, 6) is 0.358. The van der Waals surface area contributed by atoms with Crippen molar-refractivity contribution in [2.24, 2.45) is 4.99 Å². The zero-order valence-corrected chi connectivity index (χ0v) is 14.2. The second-order valence-electron chi connectivity index (χ2n) is 5.83. The standard InChI is InChI=1S/C16H20F3N3OS/c1-10(2)22-15(23)21-7-13(14-8-20-9-24-14)11-4-3-5-12(6-11)16(17,18)19/h3-7,10,13-14,20H,8-9H2,1-2H3,(H,22,23)/b21-7+. The Morgan fingerprint density at radius 1 is 1.46 bits per heavy atom. The van der Waals surface area contributed by atoms with E-state index in [4.69, 9.17) is 0 Å². The number of hydrogen-bond donors (Lipinski definition) is 2. The lowest BCUT2D eigenvalue weighted by atomic mass is 9.94. The van der Waals surface area contributed by atoms with Crippen LogP contribution < -0.4 is 10.6 Å². The molecule has 1 fully saturated rings. The first-order valence-corrected chi connectivity index (χ1v) is 8.66. The Balaban J connectivity index is 2.26. The Kier molecular flexibility index (Phi) is 6.28. The molecule has 4 nitrogen and oxygen atoms in total. The number of urea groups is 1. The summed E-state index contributed by atoms with van der Waals surface area (Å²) in [6, 6.07) is 4.67. The molecule has 0 bridgehead atoms. The molecule has 2 atom stereocenters. The van der Waals surface area contributed by atoms with Gasteiger partial charge < -0.3 is 10.6 Å². The van der Waals surface area contributed by atoms with Crippen molar-refractivity contribution in [2.75, 3.05) is 12.4 Å². The van der Waals surface area contributed by atoms with Crippen LogP contribution in [0.25, 0.3) is 0 Å². The van der Waals surface area contributed by atoms with Crippen molar-refractivity contribution in [1.29, 1.82) is 0 Å². The average Bonchev–Trinajstić information content (AvgIpc) is 3.00. The van der Waals surface area contributed by atoms with E-state index in [1.807, 2.05) is 13.8 Å². The predicted molar refractivity (Wildman–Crippen MR) is 90.6 cm³/mol. The normalized spacial score (nSPS) is 19.8. The summed E-state index contributed by atoms with van der Waals surface area (Å²) >= 11 is 1.61. The number of rotatable bonds is 4. The van der Waals surface area contributed by atoms with Crippen LogP contribution in [0, 0.1) is 0 Å². The molecule has 2 amide bonds. The Labute approximate surface area is 143 Å². The van der Waals surface area contributed by atoms with Crippen LogP contribution in [0.4, 0.5) is 18.0 Å². The predicted octanol–water partition coefficient (Wildman–Crippen LogP) is 3.64. The van der Waals surface area contributed by atoms with E-state index in [9.17, 15) is 18.0 Å². The summed E-state index contributed by atoms with van der Waals surface area (Å²) in [6.45, 7) is 4.28. The largest absolute Gasteiger partial charge is 0.416 e. The molecule has 1 heterocycles. The van der Waals surface area contributed by atoms with Gasteiger partial charge in [-0.05, 0) is 25.5 Å². The van der Waals surface area contributed by atoms with Gasteiger partial charge in [0.25, 0.3) is 0 Å². The fourth-order valence-electron chi connectivity index (χ4n) is 2.41. The molecular formula is C16H20F3N3OS. The number of amides is 2. The molecule has 1 aliphatic rings. The van der Waals surface area contributed by atoms with Gasteiger partial charge in [-0.15, -0.1) is 11.8 Å². The molecule has 132 valence electrons. The third-order valence-electron chi connectivity index (χ3n) is 3.51. The maximum atomic E-state index is 13.0.